The number of aliphatic hydroxyl groups excluding tert-OH is 1. The Balaban J connectivity index is 0.000000311. The minimum absolute atomic E-state index is 0.0112. The molecule has 0 saturated carbocycles. The molecule has 4 atom stereocenters. The first-order valence-electron chi connectivity index (χ1n) is 18.1. The van der Waals surface area contributed by atoms with Crippen LogP contribution in [0.2, 0.25) is 5.02 Å². The fraction of sp³-hybridized carbons (Fsp3) is 0.488. The lowest BCUT2D eigenvalue weighted by Crippen LogP contribution is -2.31. The van der Waals surface area contributed by atoms with Crippen molar-refractivity contribution >= 4 is 23.5 Å². The molecule has 0 amide bonds. The zero-order valence-electron chi connectivity index (χ0n) is 31.8. The van der Waals surface area contributed by atoms with Gasteiger partial charge in [0, 0.05) is 17.9 Å². The zero-order valence-corrected chi connectivity index (χ0v) is 32.6. The molecular formula is C41H52ClNO11. The van der Waals surface area contributed by atoms with Crippen molar-refractivity contribution in [3.8, 4) is 23.3 Å². The van der Waals surface area contributed by atoms with Crippen LogP contribution in [0.4, 0.5) is 0 Å². The average molecular weight is 770 g/mol. The van der Waals surface area contributed by atoms with Gasteiger partial charge in [0.1, 0.15) is 55.3 Å². The minimum atomic E-state index is -0.919. The standard InChI is InChI=1S/C24H28ClNO6.C17H24O5/c1-4-29-24(28)23(32-16(2)3)11-17-6-5-7-21(10-17)30-14-20(27)15-31-22-9-8-19(25)12-18(22)13-26;1-4-19-17(18)16(22-12(2)3)9-13-6-5-7-14(8-13)20-10-15-11-21-15/h5-10,12,16,20,23,27H,4,11,14-15H2,1-3H3;5-8,12,15-16H,4,9-11H2,1-3H3/t20-,23-;15-,16-/m11/s1. The highest BCUT2D eigenvalue weighted by atomic mass is 35.5. The van der Waals surface area contributed by atoms with Crippen molar-refractivity contribution in [2.24, 2.45) is 0 Å². The maximum Gasteiger partial charge on any atom is 0.335 e. The van der Waals surface area contributed by atoms with Gasteiger partial charge in [-0.15, -0.1) is 0 Å². The number of halogens is 1. The van der Waals surface area contributed by atoms with Crippen LogP contribution in [-0.4, -0.2) is 93.3 Å². The van der Waals surface area contributed by atoms with Gasteiger partial charge in [0.25, 0.3) is 0 Å². The Hall–Kier alpha value is -4.38. The normalized spacial score (nSPS) is 14.9. The summed E-state index contributed by atoms with van der Waals surface area (Å²) in [6.45, 7) is 13.0. The van der Waals surface area contributed by atoms with Crippen LogP contribution in [0.3, 0.4) is 0 Å². The Labute approximate surface area is 323 Å². The molecule has 1 heterocycles. The van der Waals surface area contributed by atoms with E-state index >= 15 is 0 Å². The lowest BCUT2D eigenvalue weighted by atomic mass is 10.1. The molecule has 3 aromatic carbocycles. The predicted molar refractivity (Wildman–Crippen MR) is 202 cm³/mol. The summed E-state index contributed by atoms with van der Waals surface area (Å²) in [7, 11) is 0. The van der Waals surface area contributed by atoms with Crippen LogP contribution < -0.4 is 14.2 Å². The molecule has 1 N–H and O–H groups in total. The van der Waals surface area contributed by atoms with Crippen LogP contribution in [0.15, 0.2) is 66.7 Å². The van der Waals surface area contributed by atoms with Crippen molar-refractivity contribution in [1.82, 2.24) is 0 Å². The van der Waals surface area contributed by atoms with E-state index in [9.17, 15) is 14.7 Å². The van der Waals surface area contributed by atoms with E-state index in [0.29, 0.717) is 42.6 Å². The number of benzene rings is 3. The molecule has 0 spiro atoms. The second kappa shape index (κ2) is 23.4. The van der Waals surface area contributed by atoms with Crippen molar-refractivity contribution in [3.05, 3.63) is 88.4 Å². The zero-order chi connectivity index (χ0) is 39.5. The Kier molecular flexibility index (Phi) is 19.1. The predicted octanol–water partition coefficient (Wildman–Crippen LogP) is 6.29. The van der Waals surface area contributed by atoms with Crippen molar-refractivity contribution in [3.63, 3.8) is 0 Å². The van der Waals surface area contributed by atoms with E-state index in [1.807, 2.05) is 64.1 Å². The minimum Gasteiger partial charge on any atom is -0.491 e. The van der Waals surface area contributed by atoms with E-state index in [0.717, 1.165) is 23.5 Å². The summed E-state index contributed by atoms with van der Waals surface area (Å²) in [5, 5.41) is 19.8. The molecular weight excluding hydrogens is 718 g/mol. The van der Waals surface area contributed by atoms with E-state index < -0.39 is 24.3 Å². The van der Waals surface area contributed by atoms with Gasteiger partial charge in [-0.2, -0.15) is 5.26 Å². The fourth-order valence-corrected chi connectivity index (χ4v) is 5.12. The third-order valence-corrected chi connectivity index (χ3v) is 7.62. The van der Waals surface area contributed by atoms with Crippen molar-refractivity contribution in [1.29, 1.82) is 5.26 Å². The number of esters is 2. The molecule has 4 rings (SSSR count). The molecule has 13 heteroatoms. The first-order valence-corrected chi connectivity index (χ1v) is 18.5. The van der Waals surface area contributed by atoms with Crippen molar-refractivity contribution in [2.45, 2.75) is 91.0 Å². The largest absolute Gasteiger partial charge is 0.491 e. The number of rotatable bonds is 21. The average Bonchev–Trinajstić information content (AvgIpc) is 3.97. The molecule has 0 aliphatic carbocycles. The Bertz CT molecular complexity index is 1640. The fourth-order valence-electron chi connectivity index (χ4n) is 4.95. The maximum atomic E-state index is 12.2. The summed E-state index contributed by atoms with van der Waals surface area (Å²) >= 11 is 5.87. The first-order chi connectivity index (χ1) is 25.9. The molecule has 54 heavy (non-hydrogen) atoms. The van der Waals surface area contributed by atoms with Gasteiger partial charge in [0.2, 0.25) is 0 Å². The van der Waals surface area contributed by atoms with Gasteiger partial charge < -0.3 is 43.0 Å². The molecule has 0 unspecified atom stereocenters. The Morgan fingerprint density at radius 2 is 1.33 bits per heavy atom. The summed E-state index contributed by atoms with van der Waals surface area (Å²) in [6, 6.07) is 21.6. The van der Waals surface area contributed by atoms with E-state index in [-0.39, 0.29) is 49.7 Å². The topological polar surface area (TPSA) is 155 Å². The SMILES string of the molecule is CCOC(=O)[C@@H](Cc1cccc(OC[C@@H](O)COc2ccc(Cl)cc2C#N)c1)OC(C)C.CCOC(=O)[C@@H](Cc1cccc(OC[C@@H]2CO2)c1)OC(C)C. The van der Waals surface area contributed by atoms with Crippen LogP contribution in [-0.2, 0) is 46.1 Å². The third kappa shape index (κ3) is 16.7. The molecule has 3 aromatic rings. The monoisotopic (exact) mass is 769 g/mol. The van der Waals surface area contributed by atoms with E-state index in [1.165, 1.54) is 6.07 Å². The Morgan fingerprint density at radius 3 is 1.81 bits per heavy atom. The third-order valence-electron chi connectivity index (χ3n) is 7.38. The van der Waals surface area contributed by atoms with Gasteiger partial charge >= 0.3 is 11.9 Å². The molecule has 294 valence electrons. The molecule has 1 saturated heterocycles. The number of nitriles is 1. The highest BCUT2D eigenvalue weighted by Crippen LogP contribution is 2.23. The maximum absolute atomic E-state index is 12.2. The number of aliphatic hydroxyl groups is 1. The molecule has 1 fully saturated rings. The first kappa shape index (κ1) is 44.0. The summed E-state index contributed by atoms with van der Waals surface area (Å²) in [4.78, 5) is 24.2. The summed E-state index contributed by atoms with van der Waals surface area (Å²) in [5.41, 5.74) is 2.11. The lowest BCUT2D eigenvalue weighted by Gasteiger charge is -2.19. The molecule has 0 radical (unpaired) electrons. The second-order valence-corrected chi connectivity index (χ2v) is 13.3. The summed E-state index contributed by atoms with van der Waals surface area (Å²) in [5.74, 6) is 0.930. The van der Waals surface area contributed by atoms with Gasteiger partial charge in [-0.3, -0.25) is 0 Å². The molecule has 1 aliphatic heterocycles. The molecule has 0 bridgehead atoms. The number of carbonyl (C=O) groups excluding carboxylic acids is 2. The Morgan fingerprint density at radius 1 is 0.815 bits per heavy atom. The van der Waals surface area contributed by atoms with E-state index in [1.54, 1.807) is 44.2 Å². The highest BCUT2D eigenvalue weighted by molar-refractivity contribution is 6.30. The van der Waals surface area contributed by atoms with E-state index in [4.69, 9.17) is 54.8 Å². The number of hydrogen-bond donors (Lipinski definition) is 1. The molecule has 1 aliphatic rings. The second-order valence-electron chi connectivity index (χ2n) is 12.8. The smallest absolute Gasteiger partial charge is 0.335 e. The van der Waals surface area contributed by atoms with Gasteiger partial charge in [-0.1, -0.05) is 35.9 Å². The number of nitrogens with zero attached hydrogens (tertiary/aromatic N) is 1. The van der Waals surface area contributed by atoms with Crippen LogP contribution in [0, 0.1) is 11.3 Å². The lowest BCUT2D eigenvalue weighted by molar-refractivity contribution is -0.160. The van der Waals surface area contributed by atoms with Crippen LogP contribution in [0.5, 0.6) is 17.2 Å². The van der Waals surface area contributed by atoms with Gasteiger partial charge in [0.15, 0.2) is 12.2 Å². The van der Waals surface area contributed by atoms with Crippen LogP contribution in [0.1, 0.15) is 58.2 Å². The summed E-state index contributed by atoms with van der Waals surface area (Å²) < 4.78 is 43.5. The van der Waals surface area contributed by atoms with Crippen molar-refractivity contribution < 1.29 is 52.6 Å². The number of hydrogen-bond acceptors (Lipinski definition) is 12. The van der Waals surface area contributed by atoms with Crippen LogP contribution >= 0.6 is 11.6 Å². The molecule has 12 nitrogen and oxygen atoms in total. The quantitative estimate of drug-likeness (QED) is 0.0956. The van der Waals surface area contributed by atoms with Gasteiger partial charge in [-0.25, -0.2) is 9.59 Å². The van der Waals surface area contributed by atoms with Gasteiger partial charge in [-0.05, 0) is 95.1 Å². The number of ether oxygens (including phenoxy) is 8. The highest BCUT2D eigenvalue weighted by Gasteiger charge is 2.25. The number of carbonyl (C=O) groups is 2. The summed E-state index contributed by atoms with van der Waals surface area (Å²) in [6.07, 6.45) is -1.36. The van der Waals surface area contributed by atoms with Gasteiger partial charge in [0.05, 0.1) is 37.6 Å². The van der Waals surface area contributed by atoms with Crippen LogP contribution in [0.25, 0.3) is 0 Å². The molecule has 0 aromatic heterocycles. The number of epoxide rings is 1. The van der Waals surface area contributed by atoms with Crippen molar-refractivity contribution in [2.75, 3.05) is 39.6 Å². The van der Waals surface area contributed by atoms with E-state index in [2.05, 4.69) is 0 Å².